The number of nitrogens with one attached hydrogen (secondary N) is 1. The maximum absolute atomic E-state index is 12.6. The van der Waals surface area contributed by atoms with Crippen molar-refractivity contribution in [2.24, 2.45) is 0 Å². The second-order valence-electron chi connectivity index (χ2n) is 6.14. The van der Waals surface area contributed by atoms with Gasteiger partial charge in [-0.15, -0.1) is 0 Å². The summed E-state index contributed by atoms with van der Waals surface area (Å²) in [6, 6.07) is 16.1. The number of carbonyl (C=O) groups is 1. The summed E-state index contributed by atoms with van der Waals surface area (Å²) >= 11 is 0. The first-order valence-corrected chi connectivity index (χ1v) is 10.3. The van der Waals surface area contributed by atoms with Crippen LogP contribution in [-0.4, -0.2) is 38.3 Å². The van der Waals surface area contributed by atoms with Crippen molar-refractivity contribution in [1.29, 1.82) is 0 Å². The summed E-state index contributed by atoms with van der Waals surface area (Å²) in [5, 5.41) is 2.89. The van der Waals surface area contributed by atoms with Crippen molar-refractivity contribution in [3.05, 3.63) is 65.7 Å². The van der Waals surface area contributed by atoms with E-state index < -0.39 is 10.0 Å². The van der Waals surface area contributed by atoms with E-state index in [0.717, 1.165) is 5.56 Å². The molecule has 0 saturated heterocycles. The fourth-order valence-electron chi connectivity index (χ4n) is 2.76. The van der Waals surface area contributed by atoms with Gasteiger partial charge in [-0.2, -0.15) is 4.31 Å². The predicted octanol–water partition coefficient (Wildman–Crippen LogP) is 3.25. The molecule has 0 unspecified atom stereocenters. The third-order valence-electron chi connectivity index (χ3n) is 4.38. The molecule has 0 aliphatic carbocycles. The number of sulfonamides is 1. The highest BCUT2D eigenvalue weighted by Crippen LogP contribution is 2.17. The highest BCUT2D eigenvalue weighted by molar-refractivity contribution is 7.89. The molecule has 0 spiro atoms. The van der Waals surface area contributed by atoms with Gasteiger partial charge in [-0.1, -0.05) is 57.2 Å². The van der Waals surface area contributed by atoms with Crippen LogP contribution in [0.5, 0.6) is 0 Å². The van der Waals surface area contributed by atoms with E-state index >= 15 is 0 Å². The van der Waals surface area contributed by atoms with Crippen molar-refractivity contribution in [2.75, 3.05) is 19.6 Å². The van der Waals surface area contributed by atoms with Gasteiger partial charge in [0.15, 0.2) is 0 Å². The van der Waals surface area contributed by atoms with Gasteiger partial charge in [0, 0.05) is 25.2 Å². The van der Waals surface area contributed by atoms with Crippen molar-refractivity contribution >= 4 is 15.9 Å². The van der Waals surface area contributed by atoms with Crippen LogP contribution in [0.1, 0.15) is 42.6 Å². The van der Waals surface area contributed by atoms with Crippen molar-refractivity contribution < 1.29 is 13.2 Å². The maximum Gasteiger partial charge on any atom is 0.251 e. The lowest BCUT2D eigenvalue weighted by molar-refractivity contribution is 0.0951. The molecule has 2 aromatic rings. The average molecular weight is 375 g/mol. The zero-order chi connectivity index (χ0) is 19.2. The summed E-state index contributed by atoms with van der Waals surface area (Å²) in [5.74, 6) is -0.105. The molecule has 5 nitrogen and oxygen atoms in total. The van der Waals surface area contributed by atoms with E-state index in [0.29, 0.717) is 25.2 Å². The number of carbonyl (C=O) groups excluding carboxylic acids is 1. The van der Waals surface area contributed by atoms with Crippen molar-refractivity contribution in [3.8, 4) is 0 Å². The minimum absolute atomic E-state index is 0.143. The molecule has 2 aromatic carbocycles. The largest absolute Gasteiger partial charge is 0.351 e. The van der Waals surface area contributed by atoms with Gasteiger partial charge < -0.3 is 5.32 Å². The lowest BCUT2D eigenvalue weighted by Crippen LogP contribution is -2.31. The van der Waals surface area contributed by atoms with Crippen molar-refractivity contribution in [3.63, 3.8) is 0 Å². The van der Waals surface area contributed by atoms with Crippen LogP contribution in [0.3, 0.4) is 0 Å². The summed E-state index contributed by atoms with van der Waals surface area (Å²) in [6.07, 6.45) is 0. The quantitative estimate of drug-likeness (QED) is 0.771. The Morgan fingerprint density at radius 1 is 1.04 bits per heavy atom. The van der Waals surface area contributed by atoms with Crippen LogP contribution in [0.15, 0.2) is 59.5 Å². The van der Waals surface area contributed by atoms with E-state index in [1.807, 2.05) is 37.3 Å². The van der Waals surface area contributed by atoms with Gasteiger partial charge in [-0.25, -0.2) is 8.42 Å². The maximum atomic E-state index is 12.6. The van der Waals surface area contributed by atoms with E-state index in [9.17, 15) is 13.2 Å². The minimum Gasteiger partial charge on any atom is -0.351 e. The van der Waals surface area contributed by atoms with Crippen LogP contribution in [0.2, 0.25) is 0 Å². The summed E-state index contributed by atoms with van der Waals surface area (Å²) in [5.41, 5.74) is 1.49. The van der Waals surface area contributed by atoms with Gasteiger partial charge in [0.1, 0.15) is 0 Å². The number of nitrogens with zero attached hydrogens (tertiary/aromatic N) is 1. The topological polar surface area (TPSA) is 66.5 Å². The number of amides is 1. The van der Waals surface area contributed by atoms with E-state index in [1.54, 1.807) is 26.0 Å². The van der Waals surface area contributed by atoms with E-state index in [1.165, 1.54) is 16.4 Å². The molecule has 0 saturated carbocycles. The average Bonchev–Trinajstić information content (AvgIpc) is 2.67. The molecule has 1 amide bonds. The summed E-state index contributed by atoms with van der Waals surface area (Å²) in [7, 11) is -3.58. The molecule has 0 fully saturated rings. The van der Waals surface area contributed by atoms with Gasteiger partial charge in [0.25, 0.3) is 5.91 Å². The predicted molar refractivity (Wildman–Crippen MR) is 104 cm³/mol. The van der Waals surface area contributed by atoms with E-state index in [4.69, 9.17) is 0 Å². The second kappa shape index (κ2) is 8.96. The molecule has 1 atom stereocenters. The monoisotopic (exact) mass is 374 g/mol. The zero-order valence-electron chi connectivity index (χ0n) is 15.5. The Morgan fingerprint density at radius 3 is 2.31 bits per heavy atom. The number of rotatable bonds is 8. The number of hydrogen-bond donors (Lipinski definition) is 1. The highest BCUT2D eigenvalue weighted by Gasteiger charge is 2.22. The van der Waals surface area contributed by atoms with Gasteiger partial charge in [-0.05, 0) is 29.7 Å². The standard InChI is InChI=1S/C20H26N2O3S/c1-4-22(5-2)26(24,25)19-13-9-12-18(14-19)20(23)21-15-16(3)17-10-7-6-8-11-17/h6-14,16H,4-5,15H2,1-3H3,(H,21,23)/t16-/m0/s1. The van der Waals surface area contributed by atoms with Crippen LogP contribution in [0.4, 0.5) is 0 Å². The first kappa shape index (κ1) is 20.1. The summed E-state index contributed by atoms with van der Waals surface area (Å²) in [6.45, 7) is 6.89. The van der Waals surface area contributed by atoms with E-state index in [-0.39, 0.29) is 16.7 Å². The van der Waals surface area contributed by atoms with Gasteiger partial charge in [0.2, 0.25) is 10.0 Å². The highest BCUT2D eigenvalue weighted by atomic mass is 32.2. The summed E-state index contributed by atoms with van der Waals surface area (Å²) in [4.78, 5) is 12.6. The lowest BCUT2D eigenvalue weighted by atomic mass is 10.0. The molecule has 6 heteroatoms. The van der Waals surface area contributed by atoms with Crippen LogP contribution in [-0.2, 0) is 10.0 Å². The van der Waals surface area contributed by atoms with Gasteiger partial charge in [0.05, 0.1) is 4.90 Å². The Morgan fingerprint density at radius 2 is 1.69 bits per heavy atom. The fraction of sp³-hybridized carbons (Fsp3) is 0.350. The molecule has 0 heterocycles. The molecule has 0 bridgehead atoms. The Labute approximate surface area is 156 Å². The number of benzene rings is 2. The first-order valence-electron chi connectivity index (χ1n) is 8.83. The third-order valence-corrected chi connectivity index (χ3v) is 6.42. The van der Waals surface area contributed by atoms with Crippen molar-refractivity contribution in [2.45, 2.75) is 31.6 Å². The van der Waals surface area contributed by atoms with Gasteiger partial charge >= 0.3 is 0 Å². The molecule has 2 rings (SSSR count). The molecular weight excluding hydrogens is 348 g/mol. The molecule has 26 heavy (non-hydrogen) atoms. The second-order valence-corrected chi connectivity index (χ2v) is 8.08. The van der Waals surface area contributed by atoms with Crippen LogP contribution < -0.4 is 5.32 Å². The molecule has 140 valence electrons. The first-order chi connectivity index (χ1) is 12.4. The molecular formula is C20H26N2O3S. The van der Waals surface area contributed by atoms with Crippen LogP contribution >= 0.6 is 0 Å². The molecule has 0 radical (unpaired) electrons. The molecule has 0 aromatic heterocycles. The van der Waals surface area contributed by atoms with Crippen LogP contribution in [0.25, 0.3) is 0 Å². The Hall–Kier alpha value is -2.18. The molecule has 0 aliphatic rings. The number of hydrogen-bond acceptors (Lipinski definition) is 3. The van der Waals surface area contributed by atoms with E-state index in [2.05, 4.69) is 5.32 Å². The Balaban J connectivity index is 2.11. The third kappa shape index (κ3) is 4.71. The minimum atomic E-state index is -3.58. The normalized spacial score (nSPS) is 12.8. The lowest BCUT2D eigenvalue weighted by Gasteiger charge is -2.19. The Kier molecular flexibility index (Phi) is 6.94. The molecule has 1 N–H and O–H groups in total. The van der Waals surface area contributed by atoms with Crippen molar-refractivity contribution in [1.82, 2.24) is 9.62 Å². The fourth-order valence-corrected chi connectivity index (χ4v) is 4.26. The Bertz CT molecular complexity index is 831. The molecule has 0 aliphatic heterocycles. The SMILES string of the molecule is CCN(CC)S(=O)(=O)c1cccc(C(=O)NC[C@H](C)c2ccccc2)c1. The van der Waals surface area contributed by atoms with Gasteiger partial charge in [-0.3, -0.25) is 4.79 Å². The smallest absolute Gasteiger partial charge is 0.251 e. The summed E-state index contributed by atoms with van der Waals surface area (Å²) < 4.78 is 26.6. The zero-order valence-corrected chi connectivity index (χ0v) is 16.3. The van der Waals surface area contributed by atoms with Crippen LogP contribution in [0, 0.1) is 0 Å².